The van der Waals surface area contributed by atoms with Crippen LogP contribution in [0.25, 0.3) is 11.1 Å². The molecule has 2 aromatic carbocycles. The monoisotopic (exact) mass is 374 g/mol. The summed E-state index contributed by atoms with van der Waals surface area (Å²) < 4.78 is 52.7. The zero-order valence-corrected chi connectivity index (χ0v) is 13.3. The molecule has 0 aliphatic rings. The first-order valence-corrected chi connectivity index (χ1v) is 7.32. The van der Waals surface area contributed by atoms with Gasteiger partial charge >= 0.3 is 0 Å². The highest BCUT2D eigenvalue weighted by Crippen LogP contribution is 2.28. The van der Waals surface area contributed by atoms with Gasteiger partial charge in [-0.15, -0.1) is 0 Å². The predicted molar refractivity (Wildman–Crippen MR) is 85.4 cm³/mol. The average Bonchev–Trinajstić information content (AvgIpc) is 2.55. The molecule has 0 aliphatic carbocycles. The van der Waals surface area contributed by atoms with Crippen LogP contribution in [0.3, 0.4) is 0 Å². The number of Topliss-reactive ketones (excluding diaryl/α,β-unsaturated/α-hetero) is 1. The Morgan fingerprint density at radius 3 is 1.38 bits per heavy atom. The second kappa shape index (κ2) is 7.64. The molecule has 2 aromatic rings. The second-order valence-electron chi connectivity index (χ2n) is 4.63. The molecule has 0 radical (unpaired) electrons. The highest BCUT2D eigenvalue weighted by atomic mass is 35.5. The smallest absolute Gasteiger partial charge is 0.196 e. The minimum Gasteiger partial charge on any atom is -0.288 e. The summed E-state index contributed by atoms with van der Waals surface area (Å²) in [4.78, 5) is 12.6. The standard InChI is InChI=1S/C17H8Cl2F4O/c18-7-11(9-1-3-13(20)15(22)5-9)17(24)12(8-19)10-2-4-14(21)16(23)6-10/h1-8H/b11-7+,12-8+. The quantitative estimate of drug-likeness (QED) is 0.497. The molecule has 0 atom stereocenters. The topological polar surface area (TPSA) is 17.1 Å². The number of carbonyl (C=O) groups excluding carboxylic acids is 1. The van der Waals surface area contributed by atoms with Crippen molar-refractivity contribution in [2.45, 2.75) is 0 Å². The van der Waals surface area contributed by atoms with E-state index in [-0.39, 0.29) is 22.3 Å². The molecule has 2 rings (SSSR count). The van der Waals surface area contributed by atoms with Gasteiger partial charge in [-0.1, -0.05) is 35.3 Å². The lowest BCUT2D eigenvalue weighted by molar-refractivity contribution is -0.108. The molecule has 0 saturated carbocycles. The van der Waals surface area contributed by atoms with Crippen molar-refractivity contribution < 1.29 is 22.4 Å². The summed E-state index contributed by atoms with van der Waals surface area (Å²) in [5, 5.41) is 0. The van der Waals surface area contributed by atoms with E-state index in [0.29, 0.717) is 0 Å². The highest BCUT2D eigenvalue weighted by molar-refractivity contribution is 6.49. The van der Waals surface area contributed by atoms with Crippen molar-refractivity contribution in [1.29, 1.82) is 0 Å². The van der Waals surface area contributed by atoms with Gasteiger partial charge in [-0.3, -0.25) is 4.79 Å². The van der Waals surface area contributed by atoms with E-state index >= 15 is 0 Å². The zero-order chi connectivity index (χ0) is 17.9. The van der Waals surface area contributed by atoms with Crippen LogP contribution in [0.1, 0.15) is 11.1 Å². The predicted octanol–water partition coefficient (Wildman–Crippen LogP) is 5.67. The molecular formula is C17H8Cl2F4O. The van der Waals surface area contributed by atoms with Gasteiger partial charge in [0.05, 0.1) is 0 Å². The summed E-state index contributed by atoms with van der Waals surface area (Å²) in [6, 6.07) is 5.56. The summed E-state index contributed by atoms with van der Waals surface area (Å²) in [6.45, 7) is 0. The van der Waals surface area contributed by atoms with Gasteiger partial charge in [-0.25, -0.2) is 17.6 Å². The van der Waals surface area contributed by atoms with E-state index in [1.54, 1.807) is 0 Å². The molecule has 1 nitrogen and oxygen atoms in total. The Hall–Kier alpha value is -2.11. The molecule has 0 amide bonds. The van der Waals surface area contributed by atoms with E-state index in [9.17, 15) is 22.4 Å². The third kappa shape index (κ3) is 3.68. The SMILES string of the molecule is O=C(/C(=C/Cl)c1ccc(F)c(F)c1)/C(=C/Cl)c1ccc(F)c(F)c1. The van der Waals surface area contributed by atoms with E-state index in [2.05, 4.69) is 0 Å². The van der Waals surface area contributed by atoms with Gasteiger partial charge in [0.25, 0.3) is 0 Å². The number of hydrogen-bond acceptors (Lipinski definition) is 1. The van der Waals surface area contributed by atoms with Crippen LogP contribution in [-0.4, -0.2) is 5.78 Å². The summed E-state index contributed by atoms with van der Waals surface area (Å²) in [5.41, 5.74) is 1.38. The van der Waals surface area contributed by atoms with Crippen molar-refractivity contribution >= 4 is 40.1 Å². The number of halogens is 6. The Balaban J connectivity index is 2.46. The first-order valence-electron chi connectivity index (χ1n) is 6.45. The van der Waals surface area contributed by atoms with Gasteiger partial charge in [0.1, 0.15) is 0 Å². The number of benzene rings is 2. The largest absolute Gasteiger partial charge is 0.288 e. The maximum atomic E-state index is 13.4. The fourth-order valence-electron chi connectivity index (χ4n) is 1.96. The maximum Gasteiger partial charge on any atom is 0.196 e. The minimum atomic E-state index is -1.17. The molecule has 0 N–H and O–H groups in total. The first kappa shape index (κ1) is 18.2. The highest BCUT2D eigenvalue weighted by Gasteiger charge is 2.20. The van der Waals surface area contributed by atoms with Gasteiger partial charge in [0.15, 0.2) is 29.1 Å². The first-order chi connectivity index (χ1) is 11.4. The van der Waals surface area contributed by atoms with Crippen molar-refractivity contribution in [3.63, 3.8) is 0 Å². The van der Waals surface area contributed by atoms with E-state index in [1.165, 1.54) is 0 Å². The number of hydrogen-bond donors (Lipinski definition) is 0. The lowest BCUT2D eigenvalue weighted by Gasteiger charge is -2.10. The molecule has 0 heterocycles. The maximum absolute atomic E-state index is 13.4. The number of carbonyl (C=O) groups is 1. The van der Waals surface area contributed by atoms with E-state index in [0.717, 1.165) is 47.5 Å². The van der Waals surface area contributed by atoms with Gasteiger partial charge in [-0.05, 0) is 35.4 Å². The molecule has 0 fully saturated rings. The third-order valence-electron chi connectivity index (χ3n) is 3.17. The molecule has 24 heavy (non-hydrogen) atoms. The minimum absolute atomic E-state index is 0.00694. The summed E-state index contributed by atoms with van der Waals surface area (Å²) in [7, 11) is 0. The van der Waals surface area contributed by atoms with Crippen molar-refractivity contribution in [3.05, 3.63) is 81.9 Å². The van der Waals surface area contributed by atoms with Crippen LogP contribution in [0, 0.1) is 23.3 Å². The molecular weight excluding hydrogens is 367 g/mol. The van der Waals surface area contributed by atoms with Crippen molar-refractivity contribution in [2.75, 3.05) is 0 Å². The van der Waals surface area contributed by atoms with Crippen LogP contribution in [-0.2, 0) is 4.79 Å². The van der Waals surface area contributed by atoms with Gasteiger partial charge in [0, 0.05) is 22.2 Å². The molecule has 124 valence electrons. The molecule has 0 bridgehead atoms. The number of rotatable bonds is 4. The van der Waals surface area contributed by atoms with Crippen LogP contribution >= 0.6 is 23.2 Å². The van der Waals surface area contributed by atoms with Crippen LogP contribution in [0.5, 0.6) is 0 Å². The van der Waals surface area contributed by atoms with Gasteiger partial charge in [-0.2, -0.15) is 0 Å². The molecule has 7 heteroatoms. The average molecular weight is 375 g/mol. The second-order valence-corrected chi connectivity index (χ2v) is 5.07. The summed E-state index contributed by atoms with van der Waals surface area (Å²) in [6.07, 6.45) is 0. The van der Waals surface area contributed by atoms with Crippen LogP contribution in [0.2, 0.25) is 0 Å². The molecule has 0 saturated heterocycles. The van der Waals surface area contributed by atoms with Crippen molar-refractivity contribution in [1.82, 2.24) is 0 Å². The Bertz CT molecular complexity index is 790. The lowest BCUT2D eigenvalue weighted by Crippen LogP contribution is -2.06. The number of ketones is 1. The lowest BCUT2D eigenvalue weighted by atomic mass is 9.94. The van der Waals surface area contributed by atoms with Crippen LogP contribution in [0.4, 0.5) is 17.6 Å². The molecule has 0 unspecified atom stereocenters. The molecule has 0 aliphatic heterocycles. The molecule has 0 aromatic heterocycles. The summed E-state index contributed by atoms with van der Waals surface area (Å²) >= 11 is 11.3. The van der Waals surface area contributed by atoms with Crippen LogP contribution < -0.4 is 0 Å². The Morgan fingerprint density at radius 2 is 1.08 bits per heavy atom. The van der Waals surface area contributed by atoms with E-state index < -0.39 is 29.1 Å². The summed E-state index contributed by atoms with van der Waals surface area (Å²) in [5.74, 6) is -5.28. The Morgan fingerprint density at radius 1 is 0.708 bits per heavy atom. The van der Waals surface area contributed by atoms with Crippen molar-refractivity contribution in [3.8, 4) is 0 Å². The fourth-order valence-corrected chi connectivity index (χ4v) is 2.41. The molecule has 0 spiro atoms. The van der Waals surface area contributed by atoms with E-state index in [4.69, 9.17) is 23.2 Å². The third-order valence-corrected chi connectivity index (χ3v) is 3.61. The Kier molecular flexibility index (Phi) is 5.80. The van der Waals surface area contributed by atoms with Gasteiger partial charge in [0.2, 0.25) is 0 Å². The number of allylic oxidation sites excluding steroid dienone is 2. The Labute approximate surface area is 144 Å². The normalized spacial score (nSPS) is 12.4. The van der Waals surface area contributed by atoms with Gasteiger partial charge < -0.3 is 0 Å². The van der Waals surface area contributed by atoms with Crippen molar-refractivity contribution in [2.24, 2.45) is 0 Å². The van der Waals surface area contributed by atoms with Crippen LogP contribution in [0.15, 0.2) is 47.5 Å². The van der Waals surface area contributed by atoms with E-state index in [1.807, 2.05) is 0 Å². The zero-order valence-electron chi connectivity index (χ0n) is 11.8. The fraction of sp³-hybridized carbons (Fsp3) is 0.